The van der Waals surface area contributed by atoms with Crippen molar-refractivity contribution in [2.24, 2.45) is 0 Å². The summed E-state index contributed by atoms with van der Waals surface area (Å²) in [6.07, 6.45) is 1.52. The van der Waals surface area contributed by atoms with E-state index in [1.165, 1.54) is 6.33 Å². The molecule has 0 saturated carbocycles. The van der Waals surface area contributed by atoms with Crippen molar-refractivity contribution in [3.05, 3.63) is 24.0 Å². The van der Waals surface area contributed by atoms with Crippen LogP contribution in [0.1, 0.15) is 17.3 Å². The van der Waals surface area contributed by atoms with Gasteiger partial charge in [-0.25, -0.2) is 9.78 Å². The first-order valence-corrected chi connectivity index (χ1v) is 4.62. The van der Waals surface area contributed by atoms with Crippen LogP contribution in [0.25, 0.3) is 11.0 Å². The van der Waals surface area contributed by atoms with Gasteiger partial charge in [-0.05, 0) is 13.0 Å². The van der Waals surface area contributed by atoms with E-state index >= 15 is 0 Å². The van der Waals surface area contributed by atoms with E-state index in [9.17, 15) is 4.79 Å². The molecule has 1 aromatic carbocycles. The number of aromatic amines is 1. The van der Waals surface area contributed by atoms with Crippen LogP contribution in [0.2, 0.25) is 0 Å². The van der Waals surface area contributed by atoms with E-state index in [1.54, 1.807) is 19.1 Å². The molecule has 15 heavy (non-hydrogen) atoms. The highest BCUT2D eigenvalue weighted by Gasteiger charge is 2.13. The molecule has 1 N–H and O–H groups in total. The van der Waals surface area contributed by atoms with Crippen molar-refractivity contribution in [2.45, 2.75) is 6.92 Å². The number of carbonyl (C=O) groups is 1. The van der Waals surface area contributed by atoms with Gasteiger partial charge in [0, 0.05) is 0 Å². The number of nitrogens with one attached hydrogen (secondary N) is 1. The van der Waals surface area contributed by atoms with E-state index in [4.69, 9.17) is 12.6 Å². The minimum absolute atomic E-state index is 0.333. The number of rotatable bonds is 2. The molecule has 0 spiro atoms. The number of hydrogen-bond donors (Lipinski definition) is 1. The molecule has 2 rings (SSSR count). The highest BCUT2D eigenvalue weighted by atomic mass is 16.5. The first-order chi connectivity index (χ1) is 7.22. The monoisotopic (exact) mass is 200 g/mol. The van der Waals surface area contributed by atoms with E-state index in [0.717, 1.165) is 5.52 Å². The second kappa shape index (κ2) is 3.77. The van der Waals surface area contributed by atoms with Gasteiger partial charge in [-0.2, -0.15) is 0 Å². The third kappa shape index (κ3) is 1.72. The molecule has 0 bridgehead atoms. The Kier molecular flexibility index (Phi) is 2.45. The molecular formula is C10H9BN2O2. The molecule has 2 aromatic rings. The number of benzene rings is 1. The largest absolute Gasteiger partial charge is 0.462 e. The molecule has 0 unspecified atom stereocenters. The van der Waals surface area contributed by atoms with Gasteiger partial charge in [-0.15, -0.1) is 0 Å². The third-order valence-electron chi connectivity index (χ3n) is 2.04. The summed E-state index contributed by atoms with van der Waals surface area (Å²) in [4.78, 5) is 18.5. The van der Waals surface area contributed by atoms with Crippen molar-refractivity contribution in [1.29, 1.82) is 0 Å². The minimum atomic E-state index is -0.401. The summed E-state index contributed by atoms with van der Waals surface area (Å²) in [6.45, 7) is 2.09. The summed E-state index contributed by atoms with van der Waals surface area (Å²) in [7, 11) is 5.66. The molecular weight excluding hydrogens is 191 g/mol. The zero-order chi connectivity index (χ0) is 10.8. The summed E-state index contributed by atoms with van der Waals surface area (Å²) in [5.41, 5.74) is 2.23. The lowest BCUT2D eigenvalue weighted by Crippen LogP contribution is -2.11. The maximum absolute atomic E-state index is 11.6. The number of esters is 1. The Balaban J connectivity index is 2.57. The fraction of sp³-hybridized carbons (Fsp3) is 0.200. The summed E-state index contributed by atoms with van der Waals surface area (Å²) in [6, 6.07) is 3.30. The van der Waals surface area contributed by atoms with Crippen molar-refractivity contribution in [1.82, 2.24) is 9.97 Å². The lowest BCUT2D eigenvalue weighted by molar-refractivity contribution is 0.0528. The van der Waals surface area contributed by atoms with Crippen LogP contribution in [0.5, 0.6) is 0 Å². The molecule has 1 heterocycles. The van der Waals surface area contributed by atoms with Gasteiger partial charge < -0.3 is 9.72 Å². The van der Waals surface area contributed by atoms with Gasteiger partial charge in [0.1, 0.15) is 13.4 Å². The molecule has 5 heteroatoms. The van der Waals surface area contributed by atoms with Crippen LogP contribution < -0.4 is 5.46 Å². The lowest BCUT2D eigenvalue weighted by atomic mass is 9.93. The van der Waals surface area contributed by atoms with Gasteiger partial charge in [0.2, 0.25) is 0 Å². The van der Waals surface area contributed by atoms with Crippen molar-refractivity contribution < 1.29 is 9.53 Å². The SMILES string of the molecule is [B]c1cc(C(=O)OCC)c2nc[nH]c2c1. The molecule has 4 nitrogen and oxygen atoms in total. The fourth-order valence-electron chi connectivity index (χ4n) is 1.44. The maximum atomic E-state index is 11.6. The maximum Gasteiger partial charge on any atom is 0.340 e. The number of imidazole rings is 1. The van der Waals surface area contributed by atoms with Crippen molar-refractivity contribution in [3.63, 3.8) is 0 Å². The number of carbonyl (C=O) groups excluding carboxylic acids is 1. The van der Waals surface area contributed by atoms with Crippen molar-refractivity contribution in [3.8, 4) is 0 Å². The van der Waals surface area contributed by atoms with Crippen LogP contribution in [-0.2, 0) is 4.74 Å². The topological polar surface area (TPSA) is 55.0 Å². The number of fused-ring (bicyclic) bond motifs is 1. The summed E-state index contributed by atoms with van der Waals surface area (Å²) in [5, 5.41) is 0. The van der Waals surface area contributed by atoms with E-state index in [0.29, 0.717) is 23.1 Å². The molecule has 2 radical (unpaired) electrons. The normalized spacial score (nSPS) is 10.5. The number of aromatic nitrogens is 2. The molecule has 0 aliphatic carbocycles. The average Bonchev–Trinajstić information content (AvgIpc) is 2.64. The summed E-state index contributed by atoms with van der Waals surface area (Å²) in [5.74, 6) is -0.401. The number of ether oxygens (including phenoxy) is 1. The lowest BCUT2D eigenvalue weighted by Gasteiger charge is -2.03. The number of nitrogens with zero attached hydrogens (tertiary/aromatic N) is 1. The molecule has 0 saturated heterocycles. The third-order valence-corrected chi connectivity index (χ3v) is 2.04. The summed E-state index contributed by atoms with van der Waals surface area (Å²) >= 11 is 0. The number of hydrogen-bond acceptors (Lipinski definition) is 3. The second-order valence-electron chi connectivity index (χ2n) is 3.09. The van der Waals surface area contributed by atoms with E-state index < -0.39 is 5.97 Å². The molecule has 0 aliphatic heterocycles. The quantitative estimate of drug-likeness (QED) is 0.568. The Labute approximate surface area is 88.1 Å². The van der Waals surface area contributed by atoms with Crippen LogP contribution in [0.3, 0.4) is 0 Å². The van der Waals surface area contributed by atoms with Gasteiger partial charge in [0.25, 0.3) is 0 Å². The van der Waals surface area contributed by atoms with Crippen LogP contribution in [0.4, 0.5) is 0 Å². The Bertz CT molecular complexity index is 507. The summed E-state index contributed by atoms with van der Waals surface area (Å²) < 4.78 is 4.91. The predicted molar refractivity (Wildman–Crippen MR) is 57.4 cm³/mol. The van der Waals surface area contributed by atoms with Gasteiger partial charge in [-0.1, -0.05) is 11.5 Å². The molecule has 74 valence electrons. The molecule has 0 amide bonds. The van der Waals surface area contributed by atoms with Crippen LogP contribution in [-0.4, -0.2) is 30.4 Å². The minimum Gasteiger partial charge on any atom is -0.462 e. The second-order valence-corrected chi connectivity index (χ2v) is 3.09. The standard InChI is InChI=1S/C10H9BN2O2/c1-2-15-10(14)7-3-6(11)4-8-9(7)13-5-12-8/h3-5H,2H2,1H3,(H,12,13). The first-order valence-electron chi connectivity index (χ1n) is 4.62. The van der Waals surface area contributed by atoms with Gasteiger partial charge >= 0.3 is 5.97 Å². The molecule has 0 aliphatic rings. The van der Waals surface area contributed by atoms with Crippen molar-refractivity contribution >= 4 is 30.3 Å². The Hall–Kier alpha value is -1.78. The zero-order valence-corrected chi connectivity index (χ0v) is 8.28. The Morgan fingerprint density at radius 3 is 3.13 bits per heavy atom. The first kappa shape index (κ1) is 9.77. The smallest absolute Gasteiger partial charge is 0.340 e. The molecule has 0 fully saturated rings. The van der Waals surface area contributed by atoms with E-state index in [2.05, 4.69) is 9.97 Å². The zero-order valence-electron chi connectivity index (χ0n) is 8.28. The van der Waals surface area contributed by atoms with Gasteiger partial charge in [-0.3, -0.25) is 0 Å². The van der Waals surface area contributed by atoms with Gasteiger partial charge in [0.15, 0.2) is 0 Å². The van der Waals surface area contributed by atoms with Crippen LogP contribution in [0.15, 0.2) is 18.5 Å². The number of H-pyrrole nitrogens is 1. The van der Waals surface area contributed by atoms with Crippen molar-refractivity contribution in [2.75, 3.05) is 6.61 Å². The van der Waals surface area contributed by atoms with E-state index in [-0.39, 0.29) is 0 Å². The Morgan fingerprint density at radius 2 is 2.40 bits per heavy atom. The highest BCUT2D eigenvalue weighted by molar-refractivity contribution is 6.33. The Morgan fingerprint density at radius 1 is 1.60 bits per heavy atom. The van der Waals surface area contributed by atoms with Gasteiger partial charge in [0.05, 0.1) is 24.0 Å². The van der Waals surface area contributed by atoms with Crippen LogP contribution in [0, 0.1) is 0 Å². The fourth-order valence-corrected chi connectivity index (χ4v) is 1.44. The van der Waals surface area contributed by atoms with Crippen LogP contribution >= 0.6 is 0 Å². The predicted octanol–water partition coefficient (Wildman–Crippen LogP) is 0.533. The average molecular weight is 200 g/mol. The molecule has 1 aromatic heterocycles. The highest BCUT2D eigenvalue weighted by Crippen LogP contribution is 2.13. The molecule has 0 atom stereocenters. The van der Waals surface area contributed by atoms with E-state index in [1.807, 2.05) is 0 Å².